The molecule has 2 aromatic carbocycles. The Hall–Kier alpha value is -2.96. The van der Waals surface area contributed by atoms with Gasteiger partial charge in [0.2, 0.25) is 0 Å². The molecule has 1 saturated heterocycles. The largest absolute Gasteiger partial charge is 0.451 e. The summed E-state index contributed by atoms with van der Waals surface area (Å²) in [5, 5.41) is 3.43. The van der Waals surface area contributed by atoms with Crippen LogP contribution < -0.4 is 10.7 Å². The van der Waals surface area contributed by atoms with Gasteiger partial charge >= 0.3 is 0 Å². The molecule has 3 aromatic rings. The van der Waals surface area contributed by atoms with E-state index in [-0.39, 0.29) is 17.2 Å². The van der Waals surface area contributed by atoms with Crippen LogP contribution in [0.15, 0.2) is 63.8 Å². The number of carbonyl (C=O) groups excluding carboxylic acids is 1. The van der Waals surface area contributed by atoms with Gasteiger partial charge in [-0.3, -0.25) is 14.5 Å². The molecule has 1 N–H and O–H groups in total. The van der Waals surface area contributed by atoms with E-state index in [0.717, 1.165) is 24.2 Å². The zero-order chi connectivity index (χ0) is 20.2. The molecule has 2 heterocycles. The van der Waals surface area contributed by atoms with Crippen LogP contribution in [0.1, 0.15) is 27.7 Å². The Morgan fingerprint density at radius 2 is 1.86 bits per heavy atom. The summed E-state index contributed by atoms with van der Waals surface area (Å²) < 4.78 is 11.2. The van der Waals surface area contributed by atoms with Gasteiger partial charge in [-0.25, -0.2) is 0 Å². The van der Waals surface area contributed by atoms with E-state index in [1.807, 2.05) is 31.2 Å². The van der Waals surface area contributed by atoms with Gasteiger partial charge in [-0.2, -0.15) is 0 Å². The van der Waals surface area contributed by atoms with Crippen LogP contribution in [0.5, 0.6) is 0 Å². The summed E-state index contributed by atoms with van der Waals surface area (Å²) >= 11 is 0. The number of benzene rings is 2. The maximum Gasteiger partial charge on any atom is 0.287 e. The van der Waals surface area contributed by atoms with E-state index in [9.17, 15) is 9.59 Å². The molecule has 0 aliphatic carbocycles. The maximum atomic E-state index is 12.7. The summed E-state index contributed by atoms with van der Waals surface area (Å²) in [4.78, 5) is 27.4. The smallest absolute Gasteiger partial charge is 0.287 e. The molecule has 0 spiro atoms. The van der Waals surface area contributed by atoms with Crippen LogP contribution in [0.4, 0.5) is 0 Å². The number of hydrogen-bond acceptors (Lipinski definition) is 5. The van der Waals surface area contributed by atoms with Crippen LogP contribution in [0.25, 0.3) is 11.0 Å². The Bertz CT molecular complexity index is 1060. The summed E-state index contributed by atoms with van der Waals surface area (Å²) in [7, 11) is 0. The Kier molecular flexibility index (Phi) is 5.74. The van der Waals surface area contributed by atoms with Crippen molar-refractivity contribution >= 4 is 16.9 Å². The van der Waals surface area contributed by atoms with Gasteiger partial charge in [0.25, 0.3) is 5.91 Å². The topological polar surface area (TPSA) is 71.8 Å². The molecule has 150 valence electrons. The molecule has 0 saturated carbocycles. The minimum Gasteiger partial charge on any atom is -0.451 e. The van der Waals surface area contributed by atoms with Gasteiger partial charge < -0.3 is 14.5 Å². The van der Waals surface area contributed by atoms with Crippen molar-refractivity contribution in [1.29, 1.82) is 0 Å². The molecule has 6 heteroatoms. The zero-order valence-corrected chi connectivity index (χ0v) is 16.4. The van der Waals surface area contributed by atoms with Gasteiger partial charge in [0.05, 0.1) is 24.6 Å². The lowest BCUT2D eigenvalue weighted by atomic mass is 10.0. The van der Waals surface area contributed by atoms with Gasteiger partial charge in [0, 0.05) is 25.7 Å². The second-order valence-electron chi connectivity index (χ2n) is 7.26. The molecule has 4 rings (SSSR count). The van der Waals surface area contributed by atoms with Crippen LogP contribution in [0, 0.1) is 6.92 Å². The van der Waals surface area contributed by atoms with Crippen LogP contribution in [-0.4, -0.2) is 43.7 Å². The molecule has 1 aliphatic heterocycles. The molecule has 1 amide bonds. The van der Waals surface area contributed by atoms with Crippen molar-refractivity contribution < 1.29 is 13.9 Å². The van der Waals surface area contributed by atoms with Crippen LogP contribution >= 0.6 is 0 Å². The lowest BCUT2D eigenvalue weighted by Gasteiger charge is -2.34. The normalized spacial score (nSPS) is 15.9. The molecular formula is C23H24N2O4. The Balaban J connectivity index is 1.54. The first-order valence-corrected chi connectivity index (χ1v) is 9.81. The van der Waals surface area contributed by atoms with Crippen molar-refractivity contribution in [2.75, 3.05) is 32.8 Å². The second-order valence-corrected chi connectivity index (χ2v) is 7.26. The lowest BCUT2D eigenvalue weighted by molar-refractivity contribution is 0.0161. The number of nitrogens with zero attached hydrogens (tertiary/aromatic N) is 1. The van der Waals surface area contributed by atoms with Crippen LogP contribution in [0.3, 0.4) is 0 Å². The predicted molar refractivity (Wildman–Crippen MR) is 111 cm³/mol. The molecule has 1 aromatic heterocycles. The highest BCUT2D eigenvalue weighted by molar-refractivity contribution is 5.93. The van der Waals surface area contributed by atoms with E-state index in [2.05, 4.69) is 22.3 Å². The minimum absolute atomic E-state index is 0.0267. The highest BCUT2D eigenvalue weighted by Crippen LogP contribution is 2.21. The highest BCUT2D eigenvalue weighted by Gasteiger charge is 2.24. The van der Waals surface area contributed by atoms with Crippen molar-refractivity contribution in [3.05, 3.63) is 81.7 Å². The van der Waals surface area contributed by atoms with Gasteiger partial charge in [-0.15, -0.1) is 0 Å². The number of fused-ring (bicyclic) bond motifs is 1. The van der Waals surface area contributed by atoms with Gasteiger partial charge in [0.15, 0.2) is 11.2 Å². The van der Waals surface area contributed by atoms with Crippen LogP contribution in [0.2, 0.25) is 0 Å². The molecule has 1 atom stereocenters. The lowest BCUT2D eigenvalue weighted by Crippen LogP contribution is -2.43. The predicted octanol–water partition coefficient (Wildman–Crippen LogP) is 2.90. The quantitative estimate of drug-likeness (QED) is 0.723. The third kappa shape index (κ3) is 4.39. The van der Waals surface area contributed by atoms with E-state index in [4.69, 9.17) is 9.15 Å². The average Bonchev–Trinajstić information content (AvgIpc) is 2.75. The molecule has 6 nitrogen and oxygen atoms in total. The van der Waals surface area contributed by atoms with E-state index in [1.165, 1.54) is 6.07 Å². The zero-order valence-electron chi connectivity index (χ0n) is 16.4. The molecule has 1 aliphatic rings. The molecule has 1 fully saturated rings. The number of aryl methyl sites for hydroxylation is 1. The van der Waals surface area contributed by atoms with Crippen molar-refractivity contribution in [2.45, 2.75) is 13.0 Å². The van der Waals surface area contributed by atoms with E-state index >= 15 is 0 Å². The third-order valence-corrected chi connectivity index (χ3v) is 5.23. The van der Waals surface area contributed by atoms with Crippen molar-refractivity contribution in [3.8, 4) is 0 Å². The molecule has 1 unspecified atom stereocenters. The van der Waals surface area contributed by atoms with Crippen molar-refractivity contribution in [1.82, 2.24) is 10.2 Å². The van der Waals surface area contributed by atoms with Gasteiger partial charge in [-0.1, -0.05) is 42.0 Å². The first kappa shape index (κ1) is 19.4. The number of ether oxygens (including phenoxy) is 1. The van der Waals surface area contributed by atoms with Crippen molar-refractivity contribution in [2.24, 2.45) is 0 Å². The fourth-order valence-corrected chi connectivity index (χ4v) is 3.68. The SMILES string of the molecule is Cc1ccc2oc(C(=O)NCC(c3ccccc3)N3CCOCC3)cc(=O)c2c1. The third-order valence-electron chi connectivity index (χ3n) is 5.23. The summed E-state index contributed by atoms with van der Waals surface area (Å²) in [5.74, 6) is -0.362. The van der Waals surface area contributed by atoms with Gasteiger partial charge in [0.1, 0.15) is 5.58 Å². The monoisotopic (exact) mass is 392 g/mol. The number of carbonyl (C=O) groups is 1. The highest BCUT2D eigenvalue weighted by atomic mass is 16.5. The number of nitrogens with one attached hydrogen (secondary N) is 1. The van der Waals surface area contributed by atoms with E-state index < -0.39 is 5.91 Å². The minimum atomic E-state index is -0.390. The van der Waals surface area contributed by atoms with Gasteiger partial charge in [-0.05, 0) is 24.6 Å². The Morgan fingerprint density at radius 3 is 2.62 bits per heavy atom. The summed E-state index contributed by atoms with van der Waals surface area (Å²) in [6.07, 6.45) is 0. The maximum absolute atomic E-state index is 12.7. The molecule has 0 bridgehead atoms. The summed E-state index contributed by atoms with van der Waals surface area (Å²) in [5.41, 5.74) is 2.30. The van der Waals surface area contributed by atoms with Crippen LogP contribution in [-0.2, 0) is 4.74 Å². The number of morpholine rings is 1. The standard InChI is InChI=1S/C23H24N2O4/c1-16-7-8-21-18(13-16)20(26)14-22(29-21)23(27)24-15-19(17-5-3-2-4-6-17)25-9-11-28-12-10-25/h2-8,13-14,19H,9-12,15H2,1H3,(H,24,27). The first-order chi connectivity index (χ1) is 14.1. The first-order valence-electron chi connectivity index (χ1n) is 9.81. The molecule has 0 radical (unpaired) electrons. The Morgan fingerprint density at radius 1 is 1.10 bits per heavy atom. The van der Waals surface area contributed by atoms with E-state index in [0.29, 0.717) is 30.7 Å². The summed E-state index contributed by atoms with van der Waals surface area (Å²) in [6.45, 7) is 5.29. The van der Waals surface area contributed by atoms with E-state index in [1.54, 1.807) is 12.1 Å². The second kappa shape index (κ2) is 8.59. The number of hydrogen-bond donors (Lipinski definition) is 1. The average molecular weight is 392 g/mol. The Labute approximate surface area is 169 Å². The fourth-order valence-electron chi connectivity index (χ4n) is 3.68. The summed E-state index contributed by atoms with van der Waals surface area (Å²) in [6, 6.07) is 16.7. The molecular weight excluding hydrogens is 368 g/mol. The number of amides is 1. The number of rotatable bonds is 5. The molecule has 29 heavy (non-hydrogen) atoms. The van der Waals surface area contributed by atoms with Crippen molar-refractivity contribution in [3.63, 3.8) is 0 Å². The fraction of sp³-hybridized carbons (Fsp3) is 0.304.